The molecule has 0 fully saturated rings. The van der Waals surface area contributed by atoms with Crippen LogP contribution in [0.25, 0.3) is 0 Å². The molecule has 0 aliphatic heterocycles. The number of allylic oxidation sites excluding steroid dienone is 2. The van der Waals surface area contributed by atoms with E-state index in [1.807, 2.05) is 13.0 Å². The average Bonchev–Trinajstić information content (AvgIpc) is 2.04. The molecule has 0 bridgehead atoms. The van der Waals surface area contributed by atoms with Gasteiger partial charge in [0.25, 0.3) is 0 Å². The van der Waals surface area contributed by atoms with E-state index in [2.05, 4.69) is 13.8 Å². The van der Waals surface area contributed by atoms with Crippen molar-refractivity contribution in [3.05, 3.63) is 11.6 Å². The molecule has 0 aromatic heterocycles. The SMILES string of the molecule is CCCC(C)CC/C=C(\C)C=O. The van der Waals surface area contributed by atoms with Crippen molar-refractivity contribution in [1.29, 1.82) is 0 Å². The van der Waals surface area contributed by atoms with E-state index in [0.717, 1.165) is 24.2 Å². The van der Waals surface area contributed by atoms with Gasteiger partial charge in [0, 0.05) is 0 Å². The van der Waals surface area contributed by atoms with Crippen molar-refractivity contribution >= 4 is 6.29 Å². The monoisotopic (exact) mass is 168 g/mol. The molecule has 0 spiro atoms. The Morgan fingerprint density at radius 3 is 2.58 bits per heavy atom. The molecule has 1 heteroatoms. The summed E-state index contributed by atoms with van der Waals surface area (Å²) in [4.78, 5) is 10.2. The lowest BCUT2D eigenvalue weighted by Gasteiger charge is -2.06. The van der Waals surface area contributed by atoms with Crippen LogP contribution in [0.15, 0.2) is 11.6 Å². The standard InChI is InChI=1S/C11H20O/c1-4-6-10(2)7-5-8-11(3)9-12/h8-10H,4-7H2,1-3H3/b11-8+. The molecule has 0 aromatic carbocycles. The first-order valence-corrected chi connectivity index (χ1v) is 4.82. The molecule has 1 nitrogen and oxygen atoms in total. The van der Waals surface area contributed by atoms with Gasteiger partial charge < -0.3 is 0 Å². The molecule has 0 saturated heterocycles. The van der Waals surface area contributed by atoms with Crippen molar-refractivity contribution in [3.63, 3.8) is 0 Å². The summed E-state index contributed by atoms with van der Waals surface area (Å²) in [5.74, 6) is 0.797. The summed E-state index contributed by atoms with van der Waals surface area (Å²) < 4.78 is 0. The quantitative estimate of drug-likeness (QED) is 0.439. The van der Waals surface area contributed by atoms with Crippen LogP contribution < -0.4 is 0 Å². The fourth-order valence-corrected chi connectivity index (χ4v) is 1.28. The molecule has 0 heterocycles. The van der Waals surface area contributed by atoms with Crippen molar-refractivity contribution < 1.29 is 4.79 Å². The number of hydrogen-bond acceptors (Lipinski definition) is 1. The van der Waals surface area contributed by atoms with Gasteiger partial charge in [0.15, 0.2) is 0 Å². The summed E-state index contributed by atoms with van der Waals surface area (Å²) in [6.07, 6.45) is 7.76. The minimum atomic E-state index is 0.797. The molecule has 0 aliphatic carbocycles. The van der Waals surface area contributed by atoms with Crippen LogP contribution in [0, 0.1) is 5.92 Å². The Morgan fingerprint density at radius 1 is 1.42 bits per heavy atom. The van der Waals surface area contributed by atoms with Crippen molar-refractivity contribution in [1.82, 2.24) is 0 Å². The maximum atomic E-state index is 10.2. The van der Waals surface area contributed by atoms with Crippen molar-refractivity contribution in [2.24, 2.45) is 5.92 Å². The molecule has 1 atom stereocenters. The highest BCUT2D eigenvalue weighted by molar-refractivity contribution is 5.71. The zero-order valence-electron chi connectivity index (χ0n) is 8.47. The lowest BCUT2D eigenvalue weighted by molar-refractivity contribution is -0.104. The lowest BCUT2D eigenvalue weighted by atomic mass is 10.00. The van der Waals surface area contributed by atoms with Crippen LogP contribution in [0.4, 0.5) is 0 Å². The highest BCUT2D eigenvalue weighted by Crippen LogP contribution is 2.12. The predicted octanol–water partition coefficient (Wildman–Crippen LogP) is 3.35. The van der Waals surface area contributed by atoms with E-state index >= 15 is 0 Å². The van der Waals surface area contributed by atoms with E-state index in [-0.39, 0.29) is 0 Å². The minimum Gasteiger partial charge on any atom is -0.298 e. The van der Waals surface area contributed by atoms with Gasteiger partial charge in [-0.25, -0.2) is 0 Å². The Balaban J connectivity index is 3.48. The average molecular weight is 168 g/mol. The summed E-state index contributed by atoms with van der Waals surface area (Å²) in [6.45, 7) is 6.34. The van der Waals surface area contributed by atoms with Crippen LogP contribution in [0.1, 0.15) is 46.5 Å². The van der Waals surface area contributed by atoms with Crippen LogP contribution in [-0.4, -0.2) is 6.29 Å². The maximum absolute atomic E-state index is 10.2. The number of carbonyl (C=O) groups excluding carboxylic acids is 1. The molecule has 0 saturated carbocycles. The normalized spacial score (nSPS) is 14.4. The molecule has 0 aromatic rings. The van der Waals surface area contributed by atoms with Gasteiger partial charge in [0.1, 0.15) is 6.29 Å². The van der Waals surface area contributed by atoms with E-state index in [1.54, 1.807) is 0 Å². The van der Waals surface area contributed by atoms with Gasteiger partial charge in [-0.2, -0.15) is 0 Å². The molecule has 0 amide bonds. The van der Waals surface area contributed by atoms with E-state index in [1.165, 1.54) is 19.3 Å². The first kappa shape index (κ1) is 11.4. The van der Waals surface area contributed by atoms with Gasteiger partial charge >= 0.3 is 0 Å². The van der Waals surface area contributed by atoms with E-state index < -0.39 is 0 Å². The third-order valence-corrected chi connectivity index (χ3v) is 2.09. The molecule has 12 heavy (non-hydrogen) atoms. The van der Waals surface area contributed by atoms with Crippen LogP contribution >= 0.6 is 0 Å². The molecule has 0 N–H and O–H groups in total. The number of rotatable bonds is 6. The smallest absolute Gasteiger partial charge is 0.145 e. The minimum absolute atomic E-state index is 0.797. The first-order chi connectivity index (χ1) is 5.70. The van der Waals surface area contributed by atoms with Gasteiger partial charge in [-0.1, -0.05) is 32.8 Å². The summed E-state index contributed by atoms with van der Waals surface area (Å²) in [5, 5.41) is 0. The maximum Gasteiger partial charge on any atom is 0.145 e. The van der Waals surface area contributed by atoms with Gasteiger partial charge in [-0.05, 0) is 31.3 Å². The summed E-state index contributed by atoms with van der Waals surface area (Å²) >= 11 is 0. The van der Waals surface area contributed by atoms with Crippen molar-refractivity contribution in [2.45, 2.75) is 46.5 Å². The topological polar surface area (TPSA) is 17.1 Å². The Labute approximate surface area is 75.9 Å². The van der Waals surface area contributed by atoms with Crippen molar-refractivity contribution in [3.8, 4) is 0 Å². The first-order valence-electron chi connectivity index (χ1n) is 4.82. The Hall–Kier alpha value is -0.590. The summed E-state index contributed by atoms with van der Waals surface area (Å²) in [7, 11) is 0. The Bertz CT molecular complexity index is 147. The van der Waals surface area contributed by atoms with Gasteiger partial charge in [-0.3, -0.25) is 4.79 Å². The second-order valence-electron chi connectivity index (χ2n) is 3.54. The van der Waals surface area contributed by atoms with Crippen LogP contribution in [0.2, 0.25) is 0 Å². The zero-order valence-corrected chi connectivity index (χ0v) is 8.47. The van der Waals surface area contributed by atoms with E-state index in [9.17, 15) is 4.79 Å². The molecule has 0 aliphatic rings. The number of hydrogen-bond donors (Lipinski definition) is 0. The molecular formula is C11H20O. The zero-order chi connectivity index (χ0) is 9.40. The fourth-order valence-electron chi connectivity index (χ4n) is 1.28. The molecule has 0 rings (SSSR count). The van der Waals surface area contributed by atoms with Gasteiger partial charge in [-0.15, -0.1) is 0 Å². The molecule has 70 valence electrons. The second-order valence-corrected chi connectivity index (χ2v) is 3.54. The van der Waals surface area contributed by atoms with Crippen LogP contribution in [0.3, 0.4) is 0 Å². The van der Waals surface area contributed by atoms with Crippen molar-refractivity contribution in [2.75, 3.05) is 0 Å². The molecule has 1 unspecified atom stereocenters. The molecular weight excluding hydrogens is 148 g/mol. The molecule has 0 radical (unpaired) electrons. The Kier molecular flexibility index (Phi) is 6.73. The van der Waals surface area contributed by atoms with Crippen LogP contribution in [0.5, 0.6) is 0 Å². The highest BCUT2D eigenvalue weighted by Gasteiger charge is 1.98. The van der Waals surface area contributed by atoms with E-state index in [4.69, 9.17) is 0 Å². The third kappa shape index (κ3) is 6.14. The summed E-state index contributed by atoms with van der Waals surface area (Å²) in [6, 6.07) is 0. The lowest BCUT2D eigenvalue weighted by Crippen LogP contribution is -1.92. The highest BCUT2D eigenvalue weighted by atomic mass is 16.1. The third-order valence-electron chi connectivity index (χ3n) is 2.09. The summed E-state index contributed by atoms with van der Waals surface area (Å²) in [5.41, 5.74) is 0.860. The number of aldehydes is 1. The predicted molar refractivity (Wildman–Crippen MR) is 53.1 cm³/mol. The largest absolute Gasteiger partial charge is 0.298 e. The van der Waals surface area contributed by atoms with E-state index in [0.29, 0.717) is 0 Å². The second kappa shape index (κ2) is 7.08. The fraction of sp³-hybridized carbons (Fsp3) is 0.727. The van der Waals surface area contributed by atoms with Gasteiger partial charge in [0.2, 0.25) is 0 Å². The number of carbonyl (C=O) groups is 1. The van der Waals surface area contributed by atoms with Gasteiger partial charge in [0.05, 0.1) is 0 Å². The van der Waals surface area contributed by atoms with Crippen LogP contribution in [-0.2, 0) is 4.79 Å². The Morgan fingerprint density at radius 2 is 2.08 bits per heavy atom.